The van der Waals surface area contributed by atoms with Crippen LogP contribution in [0.25, 0.3) is 0 Å². The Hall–Kier alpha value is -1.88. The molecule has 1 aromatic rings. The smallest absolute Gasteiger partial charge is 0.253 e. The summed E-state index contributed by atoms with van der Waals surface area (Å²) in [5.74, 6) is -0.0494. The molecule has 1 N–H and O–H groups in total. The van der Waals surface area contributed by atoms with Crippen LogP contribution < -0.4 is 5.32 Å². The molecule has 2 amide bonds. The van der Waals surface area contributed by atoms with E-state index in [-0.39, 0.29) is 17.9 Å². The molecule has 1 atom stereocenters. The molecule has 0 aromatic heterocycles. The van der Waals surface area contributed by atoms with Crippen LogP contribution in [0.3, 0.4) is 0 Å². The Kier molecular flexibility index (Phi) is 3.92. The maximum absolute atomic E-state index is 12.5. The quantitative estimate of drug-likeness (QED) is 0.923. The van der Waals surface area contributed by atoms with E-state index in [1.807, 2.05) is 6.07 Å². The number of anilines is 1. The van der Waals surface area contributed by atoms with Crippen LogP contribution in [0.2, 0.25) is 0 Å². The lowest BCUT2D eigenvalue weighted by Crippen LogP contribution is -2.37. The van der Waals surface area contributed by atoms with Crippen molar-refractivity contribution in [2.24, 2.45) is 0 Å². The van der Waals surface area contributed by atoms with Crippen molar-refractivity contribution in [1.82, 2.24) is 4.90 Å². The highest BCUT2D eigenvalue weighted by molar-refractivity contribution is 6.02. The summed E-state index contributed by atoms with van der Waals surface area (Å²) in [7, 11) is 1.80. The van der Waals surface area contributed by atoms with E-state index in [2.05, 4.69) is 5.32 Å². The second-order valence-electron chi connectivity index (χ2n) is 5.77. The fourth-order valence-electron chi connectivity index (χ4n) is 2.91. The topological polar surface area (TPSA) is 58.6 Å². The zero-order chi connectivity index (χ0) is 14.8. The van der Waals surface area contributed by atoms with Gasteiger partial charge in [0.05, 0.1) is 12.5 Å². The largest absolute Gasteiger partial charge is 0.376 e. The highest BCUT2D eigenvalue weighted by Gasteiger charge is 2.22. The average molecular weight is 288 g/mol. The minimum Gasteiger partial charge on any atom is -0.376 e. The summed E-state index contributed by atoms with van der Waals surface area (Å²) in [5.41, 5.74) is 2.32. The molecule has 0 saturated carbocycles. The predicted molar refractivity (Wildman–Crippen MR) is 79.3 cm³/mol. The summed E-state index contributed by atoms with van der Waals surface area (Å²) in [6, 6.07) is 5.41. The molecule has 2 aliphatic rings. The molecule has 0 bridgehead atoms. The third-order valence-electron chi connectivity index (χ3n) is 4.08. The van der Waals surface area contributed by atoms with Gasteiger partial charge in [-0.05, 0) is 37.0 Å². The summed E-state index contributed by atoms with van der Waals surface area (Å²) in [6.07, 6.45) is 3.82. The number of hydrogen-bond donors (Lipinski definition) is 1. The number of rotatable bonds is 3. The molecule has 1 saturated heterocycles. The van der Waals surface area contributed by atoms with Crippen molar-refractivity contribution in [2.75, 3.05) is 25.5 Å². The normalized spacial score (nSPS) is 20.8. The summed E-state index contributed by atoms with van der Waals surface area (Å²) >= 11 is 0. The van der Waals surface area contributed by atoms with Gasteiger partial charge in [0, 0.05) is 31.5 Å². The molecule has 1 fully saturated rings. The minimum absolute atomic E-state index is 0.0152. The molecular formula is C16H20N2O3. The molecule has 5 nitrogen and oxygen atoms in total. The van der Waals surface area contributed by atoms with Gasteiger partial charge in [0.15, 0.2) is 0 Å². The van der Waals surface area contributed by atoms with E-state index in [0.29, 0.717) is 18.5 Å². The molecular weight excluding hydrogens is 268 g/mol. The average Bonchev–Trinajstić information content (AvgIpc) is 2.86. The van der Waals surface area contributed by atoms with Crippen LogP contribution in [0.4, 0.5) is 5.69 Å². The Morgan fingerprint density at radius 2 is 2.29 bits per heavy atom. The van der Waals surface area contributed by atoms with Crippen LogP contribution >= 0.6 is 0 Å². The van der Waals surface area contributed by atoms with Gasteiger partial charge in [-0.25, -0.2) is 0 Å². The van der Waals surface area contributed by atoms with Gasteiger partial charge in [-0.3, -0.25) is 9.59 Å². The Bertz CT molecular complexity index is 565. The Labute approximate surface area is 124 Å². The van der Waals surface area contributed by atoms with Gasteiger partial charge in [0.25, 0.3) is 5.91 Å². The zero-order valence-corrected chi connectivity index (χ0v) is 12.2. The van der Waals surface area contributed by atoms with E-state index < -0.39 is 0 Å². The molecule has 5 heteroatoms. The van der Waals surface area contributed by atoms with Gasteiger partial charge in [-0.2, -0.15) is 0 Å². The summed E-state index contributed by atoms with van der Waals surface area (Å²) in [6.45, 7) is 1.40. The number of carbonyl (C=O) groups is 2. The molecule has 112 valence electrons. The number of amides is 2. The highest BCUT2D eigenvalue weighted by Crippen LogP contribution is 2.24. The van der Waals surface area contributed by atoms with Gasteiger partial charge in [0.1, 0.15) is 0 Å². The lowest BCUT2D eigenvalue weighted by Gasteiger charge is -2.27. The van der Waals surface area contributed by atoms with Crippen molar-refractivity contribution >= 4 is 17.5 Å². The number of fused-ring (bicyclic) bond motifs is 1. The van der Waals surface area contributed by atoms with Crippen molar-refractivity contribution in [3.05, 3.63) is 29.3 Å². The molecule has 1 unspecified atom stereocenters. The van der Waals surface area contributed by atoms with Crippen molar-refractivity contribution in [3.8, 4) is 0 Å². The van der Waals surface area contributed by atoms with E-state index >= 15 is 0 Å². The van der Waals surface area contributed by atoms with Gasteiger partial charge in [-0.15, -0.1) is 0 Å². The fourth-order valence-corrected chi connectivity index (χ4v) is 2.91. The molecule has 0 radical (unpaired) electrons. The SMILES string of the molecule is CN(CC1CCCCO1)C(=O)c1ccc2c(c1)NC(=O)C2. The predicted octanol–water partition coefficient (Wildman–Crippen LogP) is 1.82. The summed E-state index contributed by atoms with van der Waals surface area (Å²) in [5, 5.41) is 2.78. The molecule has 2 aliphatic heterocycles. The van der Waals surface area contributed by atoms with E-state index in [1.165, 1.54) is 0 Å². The molecule has 2 heterocycles. The Balaban J connectivity index is 1.67. The van der Waals surface area contributed by atoms with Gasteiger partial charge >= 0.3 is 0 Å². The lowest BCUT2D eigenvalue weighted by atomic mass is 10.1. The Morgan fingerprint density at radius 1 is 1.43 bits per heavy atom. The van der Waals surface area contributed by atoms with Crippen LogP contribution in [0.1, 0.15) is 35.2 Å². The maximum atomic E-state index is 12.5. The first kappa shape index (κ1) is 14.1. The maximum Gasteiger partial charge on any atom is 0.253 e. The third-order valence-corrected chi connectivity index (χ3v) is 4.08. The van der Waals surface area contributed by atoms with Gasteiger partial charge < -0.3 is 15.0 Å². The monoisotopic (exact) mass is 288 g/mol. The first-order valence-electron chi connectivity index (χ1n) is 7.43. The molecule has 0 aliphatic carbocycles. The van der Waals surface area contributed by atoms with E-state index in [4.69, 9.17) is 4.74 Å². The van der Waals surface area contributed by atoms with E-state index in [0.717, 1.165) is 37.1 Å². The number of carbonyl (C=O) groups excluding carboxylic acids is 2. The zero-order valence-electron chi connectivity index (χ0n) is 12.2. The summed E-state index contributed by atoms with van der Waals surface area (Å²) < 4.78 is 5.67. The number of likely N-dealkylation sites (N-methyl/N-ethyl adjacent to an activating group) is 1. The van der Waals surface area contributed by atoms with Crippen molar-refractivity contribution < 1.29 is 14.3 Å². The Morgan fingerprint density at radius 3 is 3.05 bits per heavy atom. The van der Waals surface area contributed by atoms with Crippen LogP contribution in [-0.2, 0) is 16.0 Å². The van der Waals surface area contributed by atoms with Crippen LogP contribution in [0, 0.1) is 0 Å². The van der Waals surface area contributed by atoms with Crippen LogP contribution in [0.15, 0.2) is 18.2 Å². The lowest BCUT2D eigenvalue weighted by molar-refractivity contribution is -0.115. The first-order valence-corrected chi connectivity index (χ1v) is 7.43. The van der Waals surface area contributed by atoms with E-state index in [9.17, 15) is 9.59 Å². The standard InChI is InChI=1S/C16H20N2O3/c1-18(10-13-4-2-3-7-21-13)16(20)12-6-5-11-9-15(19)17-14(11)8-12/h5-6,8,13H,2-4,7,9-10H2,1H3,(H,17,19). The third kappa shape index (κ3) is 3.08. The second kappa shape index (κ2) is 5.85. The first-order chi connectivity index (χ1) is 10.1. The molecule has 3 rings (SSSR count). The van der Waals surface area contributed by atoms with Gasteiger partial charge in [-0.1, -0.05) is 6.07 Å². The van der Waals surface area contributed by atoms with Crippen molar-refractivity contribution in [3.63, 3.8) is 0 Å². The number of nitrogens with one attached hydrogen (secondary N) is 1. The van der Waals surface area contributed by atoms with Crippen LogP contribution in [0.5, 0.6) is 0 Å². The summed E-state index contributed by atoms with van der Waals surface area (Å²) in [4.78, 5) is 25.5. The molecule has 21 heavy (non-hydrogen) atoms. The van der Waals surface area contributed by atoms with Crippen molar-refractivity contribution in [2.45, 2.75) is 31.8 Å². The highest BCUT2D eigenvalue weighted by atomic mass is 16.5. The fraction of sp³-hybridized carbons (Fsp3) is 0.500. The van der Waals surface area contributed by atoms with E-state index in [1.54, 1.807) is 24.1 Å². The number of nitrogens with zero attached hydrogens (tertiary/aromatic N) is 1. The second-order valence-corrected chi connectivity index (χ2v) is 5.77. The number of benzene rings is 1. The molecule has 1 aromatic carbocycles. The van der Waals surface area contributed by atoms with Crippen molar-refractivity contribution in [1.29, 1.82) is 0 Å². The van der Waals surface area contributed by atoms with Crippen LogP contribution in [-0.4, -0.2) is 43.0 Å². The molecule has 0 spiro atoms. The minimum atomic E-state index is -0.0341. The van der Waals surface area contributed by atoms with Gasteiger partial charge in [0.2, 0.25) is 5.91 Å². The number of hydrogen-bond acceptors (Lipinski definition) is 3. The number of ether oxygens (including phenoxy) is 1.